The Morgan fingerprint density at radius 2 is 1.88 bits per heavy atom. The number of rotatable bonds is 3. The second kappa shape index (κ2) is 4.70. The Balaban J connectivity index is 1.97. The number of aryl methyl sites for hydroxylation is 2. The van der Waals surface area contributed by atoms with Crippen molar-refractivity contribution in [2.45, 2.75) is 20.5 Å². The first-order chi connectivity index (χ1) is 7.74. The zero-order chi connectivity index (χ0) is 11.4. The van der Waals surface area contributed by atoms with Crippen molar-refractivity contribution in [3.63, 3.8) is 0 Å². The summed E-state index contributed by atoms with van der Waals surface area (Å²) in [7, 11) is 0. The zero-order valence-corrected chi connectivity index (χ0v) is 9.34. The summed E-state index contributed by atoms with van der Waals surface area (Å²) < 4.78 is 5.47. The summed E-state index contributed by atoms with van der Waals surface area (Å²) >= 11 is 0. The first kappa shape index (κ1) is 10.5. The molecule has 0 aliphatic carbocycles. The van der Waals surface area contributed by atoms with Gasteiger partial charge in [-0.15, -0.1) is 0 Å². The van der Waals surface area contributed by atoms with E-state index in [0.29, 0.717) is 12.5 Å². The number of nitrogens with zero attached hydrogens (tertiary/aromatic N) is 3. The largest absolute Gasteiger partial charge is 0.471 e. The average Bonchev–Trinajstić information content (AvgIpc) is 2.30. The lowest BCUT2D eigenvalue weighted by molar-refractivity contribution is 0.288. The van der Waals surface area contributed by atoms with Crippen LogP contribution in [0.3, 0.4) is 0 Å². The Bertz CT molecular complexity index is 405. The molecule has 0 aliphatic heterocycles. The molecule has 0 amide bonds. The molecule has 0 saturated heterocycles. The minimum atomic E-state index is 0.392. The summed E-state index contributed by atoms with van der Waals surface area (Å²) in [4.78, 5) is 12.5. The third-order valence-electron chi connectivity index (χ3n) is 2.09. The fraction of sp³-hybridized carbons (Fsp3) is 0.250. The minimum absolute atomic E-state index is 0.392. The van der Waals surface area contributed by atoms with Crippen LogP contribution in [0.2, 0.25) is 0 Å². The van der Waals surface area contributed by atoms with Crippen LogP contribution in [0.1, 0.15) is 17.0 Å². The number of ether oxygens (including phenoxy) is 1. The molecule has 0 aromatic carbocycles. The maximum atomic E-state index is 5.47. The first-order valence-electron chi connectivity index (χ1n) is 5.07. The molecule has 0 aliphatic rings. The van der Waals surface area contributed by atoms with Gasteiger partial charge in [0.05, 0.1) is 17.6 Å². The normalized spacial score (nSPS) is 10.1. The van der Waals surface area contributed by atoms with E-state index in [-0.39, 0.29) is 0 Å². The van der Waals surface area contributed by atoms with Gasteiger partial charge in [-0.05, 0) is 19.4 Å². The standard InChI is InChI=1S/C12H13N3O/c1-9-3-4-12(15-5-9)16-8-11-7-13-10(2)6-14-11/h3-7H,8H2,1-2H3. The van der Waals surface area contributed by atoms with Crippen molar-refractivity contribution in [1.29, 1.82) is 0 Å². The molecular weight excluding hydrogens is 202 g/mol. The lowest BCUT2D eigenvalue weighted by atomic mass is 10.3. The number of pyridine rings is 1. The van der Waals surface area contributed by atoms with Gasteiger partial charge in [-0.3, -0.25) is 9.97 Å². The highest BCUT2D eigenvalue weighted by molar-refractivity contribution is 5.16. The molecule has 0 bridgehead atoms. The maximum absolute atomic E-state index is 5.47. The van der Waals surface area contributed by atoms with Crippen molar-refractivity contribution in [2.75, 3.05) is 0 Å². The van der Waals surface area contributed by atoms with Crippen molar-refractivity contribution in [1.82, 2.24) is 15.0 Å². The summed E-state index contributed by atoms with van der Waals surface area (Å²) in [5.74, 6) is 0.605. The topological polar surface area (TPSA) is 47.9 Å². The molecule has 2 aromatic heterocycles. The SMILES string of the molecule is Cc1ccc(OCc2cnc(C)cn2)nc1. The van der Waals surface area contributed by atoms with E-state index in [9.17, 15) is 0 Å². The number of hydrogen-bond donors (Lipinski definition) is 0. The number of hydrogen-bond acceptors (Lipinski definition) is 4. The van der Waals surface area contributed by atoms with Gasteiger partial charge < -0.3 is 4.74 Å². The van der Waals surface area contributed by atoms with Gasteiger partial charge in [0, 0.05) is 18.5 Å². The predicted octanol–water partition coefficient (Wildman–Crippen LogP) is 2.07. The van der Waals surface area contributed by atoms with E-state index < -0.39 is 0 Å². The van der Waals surface area contributed by atoms with Gasteiger partial charge in [-0.1, -0.05) is 6.07 Å². The Labute approximate surface area is 94.4 Å². The lowest BCUT2D eigenvalue weighted by Gasteiger charge is -2.04. The molecule has 4 nitrogen and oxygen atoms in total. The summed E-state index contributed by atoms with van der Waals surface area (Å²) in [6.45, 7) is 4.28. The van der Waals surface area contributed by atoms with Gasteiger partial charge in [-0.25, -0.2) is 4.98 Å². The highest BCUT2D eigenvalue weighted by atomic mass is 16.5. The number of aromatic nitrogens is 3. The highest BCUT2D eigenvalue weighted by Gasteiger charge is 1.98. The van der Waals surface area contributed by atoms with Crippen LogP contribution < -0.4 is 4.74 Å². The van der Waals surface area contributed by atoms with E-state index in [0.717, 1.165) is 17.0 Å². The third-order valence-corrected chi connectivity index (χ3v) is 2.09. The molecule has 0 spiro atoms. The second-order valence-corrected chi connectivity index (χ2v) is 3.61. The summed E-state index contributed by atoms with van der Waals surface area (Å²) in [6, 6.07) is 3.81. The van der Waals surface area contributed by atoms with Crippen molar-refractivity contribution < 1.29 is 4.74 Å². The molecule has 4 heteroatoms. The lowest BCUT2D eigenvalue weighted by Crippen LogP contribution is -2.00. The van der Waals surface area contributed by atoms with Crippen LogP contribution in [-0.2, 0) is 6.61 Å². The minimum Gasteiger partial charge on any atom is -0.471 e. The van der Waals surface area contributed by atoms with Crippen LogP contribution >= 0.6 is 0 Å². The fourth-order valence-electron chi connectivity index (χ4n) is 1.18. The van der Waals surface area contributed by atoms with Crippen LogP contribution in [0.25, 0.3) is 0 Å². The van der Waals surface area contributed by atoms with E-state index in [2.05, 4.69) is 15.0 Å². The highest BCUT2D eigenvalue weighted by Crippen LogP contribution is 2.08. The Morgan fingerprint density at radius 3 is 2.50 bits per heavy atom. The van der Waals surface area contributed by atoms with Crippen LogP contribution in [0.15, 0.2) is 30.7 Å². The molecule has 2 heterocycles. The molecule has 2 aromatic rings. The fourth-order valence-corrected chi connectivity index (χ4v) is 1.18. The molecule has 0 radical (unpaired) electrons. The maximum Gasteiger partial charge on any atom is 0.213 e. The Morgan fingerprint density at radius 1 is 1.00 bits per heavy atom. The quantitative estimate of drug-likeness (QED) is 0.786. The average molecular weight is 215 g/mol. The molecule has 0 N–H and O–H groups in total. The predicted molar refractivity (Wildman–Crippen MR) is 60.1 cm³/mol. The molecule has 16 heavy (non-hydrogen) atoms. The van der Waals surface area contributed by atoms with Crippen LogP contribution in [0.5, 0.6) is 5.88 Å². The Hall–Kier alpha value is -1.97. The first-order valence-corrected chi connectivity index (χ1v) is 5.07. The van der Waals surface area contributed by atoms with E-state index in [1.54, 1.807) is 18.6 Å². The van der Waals surface area contributed by atoms with Crippen LogP contribution in [-0.4, -0.2) is 15.0 Å². The van der Waals surface area contributed by atoms with Crippen molar-refractivity contribution in [3.05, 3.63) is 47.7 Å². The molecule has 0 atom stereocenters. The molecule has 0 fully saturated rings. The third kappa shape index (κ3) is 2.76. The summed E-state index contributed by atoms with van der Waals surface area (Å²) in [5, 5.41) is 0. The monoisotopic (exact) mass is 215 g/mol. The van der Waals surface area contributed by atoms with E-state index in [1.165, 1.54) is 0 Å². The second-order valence-electron chi connectivity index (χ2n) is 3.61. The zero-order valence-electron chi connectivity index (χ0n) is 9.34. The van der Waals surface area contributed by atoms with E-state index >= 15 is 0 Å². The van der Waals surface area contributed by atoms with Crippen molar-refractivity contribution >= 4 is 0 Å². The van der Waals surface area contributed by atoms with Crippen molar-refractivity contribution in [3.8, 4) is 5.88 Å². The van der Waals surface area contributed by atoms with Gasteiger partial charge in [0.25, 0.3) is 0 Å². The van der Waals surface area contributed by atoms with E-state index in [1.807, 2.05) is 26.0 Å². The molecule has 0 unspecified atom stereocenters. The van der Waals surface area contributed by atoms with Gasteiger partial charge in [0.2, 0.25) is 5.88 Å². The molecular formula is C12H13N3O. The van der Waals surface area contributed by atoms with Crippen LogP contribution in [0.4, 0.5) is 0 Å². The smallest absolute Gasteiger partial charge is 0.213 e. The van der Waals surface area contributed by atoms with E-state index in [4.69, 9.17) is 4.74 Å². The summed E-state index contributed by atoms with van der Waals surface area (Å²) in [5.41, 5.74) is 2.81. The van der Waals surface area contributed by atoms with Crippen molar-refractivity contribution in [2.24, 2.45) is 0 Å². The molecule has 2 rings (SSSR count). The van der Waals surface area contributed by atoms with Gasteiger partial charge >= 0.3 is 0 Å². The molecule has 82 valence electrons. The molecule has 0 saturated carbocycles. The van der Waals surface area contributed by atoms with Gasteiger partial charge in [0.1, 0.15) is 6.61 Å². The summed E-state index contributed by atoms with van der Waals surface area (Å²) in [6.07, 6.45) is 5.21. The Kier molecular flexibility index (Phi) is 3.10. The van der Waals surface area contributed by atoms with Gasteiger partial charge in [-0.2, -0.15) is 0 Å². The van der Waals surface area contributed by atoms with Gasteiger partial charge in [0.15, 0.2) is 0 Å². The van der Waals surface area contributed by atoms with Crippen LogP contribution in [0, 0.1) is 13.8 Å².